The summed E-state index contributed by atoms with van der Waals surface area (Å²) in [5.41, 5.74) is 0.519. The van der Waals surface area contributed by atoms with Crippen LogP contribution in [0, 0.1) is 0 Å². The number of Topliss-reactive ketones (excluding diaryl/α,β-unsaturated/α-hetero) is 1. The third-order valence-corrected chi connectivity index (χ3v) is 4.67. The quantitative estimate of drug-likeness (QED) is 0.476. The second-order valence-corrected chi connectivity index (χ2v) is 7.08. The molecule has 2 aromatic rings. The highest BCUT2D eigenvalue weighted by atomic mass is 35.5. The lowest BCUT2D eigenvalue weighted by molar-refractivity contribution is -0.138. The Balaban J connectivity index is 1.91. The Morgan fingerprint density at radius 3 is 2.32 bits per heavy atom. The fourth-order valence-corrected chi connectivity index (χ4v) is 3.36. The first kappa shape index (κ1) is 20.2. The Bertz CT molecular complexity index is 914. The number of ketones is 1. The Morgan fingerprint density at radius 1 is 1.11 bits per heavy atom. The van der Waals surface area contributed by atoms with Gasteiger partial charge in [-0.2, -0.15) is 0 Å². The van der Waals surface area contributed by atoms with Gasteiger partial charge >= 0.3 is 5.97 Å². The van der Waals surface area contributed by atoms with Crippen molar-refractivity contribution in [2.24, 2.45) is 0 Å². The third-order valence-electron chi connectivity index (χ3n) is 4.24. The van der Waals surface area contributed by atoms with Crippen LogP contribution in [0.1, 0.15) is 25.3 Å². The van der Waals surface area contributed by atoms with Crippen LogP contribution in [0.4, 0.5) is 0 Å². The van der Waals surface area contributed by atoms with Crippen molar-refractivity contribution in [1.82, 2.24) is 0 Å². The summed E-state index contributed by atoms with van der Waals surface area (Å²) < 4.78 is 16.4. The molecule has 3 rings (SSSR count). The van der Waals surface area contributed by atoms with Gasteiger partial charge in [0.2, 0.25) is 0 Å². The maximum atomic E-state index is 12.4. The highest BCUT2D eigenvalue weighted by Gasteiger charge is 2.33. The molecule has 0 saturated carbocycles. The maximum absolute atomic E-state index is 12.4. The minimum Gasteiger partial charge on any atom is -0.488 e. The van der Waals surface area contributed by atoms with Gasteiger partial charge in [-0.25, -0.2) is 4.79 Å². The summed E-state index contributed by atoms with van der Waals surface area (Å²) in [6, 6.07) is 11.7. The largest absolute Gasteiger partial charge is 0.488 e. The van der Waals surface area contributed by atoms with Crippen molar-refractivity contribution < 1.29 is 23.8 Å². The number of rotatable bonds is 5. The summed E-state index contributed by atoms with van der Waals surface area (Å²) in [7, 11) is 1.24. The lowest BCUT2D eigenvalue weighted by atomic mass is 9.96. The molecule has 1 aliphatic rings. The van der Waals surface area contributed by atoms with Gasteiger partial charge in [-0.1, -0.05) is 30.1 Å². The second kappa shape index (κ2) is 8.67. The van der Waals surface area contributed by atoms with Crippen molar-refractivity contribution in [3.05, 3.63) is 63.6 Å². The van der Waals surface area contributed by atoms with E-state index in [1.165, 1.54) is 7.11 Å². The van der Waals surface area contributed by atoms with Crippen molar-refractivity contribution in [3.63, 3.8) is 0 Å². The molecule has 1 unspecified atom stereocenters. The van der Waals surface area contributed by atoms with Crippen LogP contribution >= 0.6 is 23.2 Å². The smallest absolute Gasteiger partial charge is 0.345 e. The summed E-state index contributed by atoms with van der Waals surface area (Å²) in [5, 5.41) is 0.929. The average molecular weight is 421 g/mol. The number of methoxy groups -OCH3 is 1. The summed E-state index contributed by atoms with van der Waals surface area (Å²) in [6.45, 7) is 1.92. The molecule has 0 saturated heterocycles. The minimum absolute atomic E-state index is 0.0671. The molecule has 0 spiro atoms. The molecule has 0 amide bonds. The number of halogens is 2. The van der Waals surface area contributed by atoms with Crippen LogP contribution in [0.3, 0.4) is 0 Å². The monoisotopic (exact) mass is 420 g/mol. The molecule has 0 fully saturated rings. The van der Waals surface area contributed by atoms with E-state index < -0.39 is 5.97 Å². The van der Waals surface area contributed by atoms with E-state index in [-0.39, 0.29) is 29.6 Å². The van der Waals surface area contributed by atoms with Crippen molar-refractivity contribution in [2.75, 3.05) is 7.11 Å². The number of carbonyl (C=O) groups excluding carboxylic acids is 2. The molecular formula is C21H18Cl2O5. The molecule has 0 bridgehead atoms. The number of hydrogen-bond donors (Lipinski definition) is 0. The zero-order valence-corrected chi connectivity index (χ0v) is 16.8. The summed E-state index contributed by atoms with van der Waals surface area (Å²) in [6.07, 6.45) is 0.530. The molecule has 1 atom stereocenters. The molecule has 0 radical (unpaired) electrons. The SMILES string of the molecule is CCC1CC(=O)C(C(=O)OC)=C(c2ccc(Oc3cc(Cl)cc(Cl)c3)cc2)O1. The second-order valence-electron chi connectivity index (χ2n) is 6.20. The van der Waals surface area contributed by atoms with Gasteiger partial charge in [0, 0.05) is 22.0 Å². The van der Waals surface area contributed by atoms with Crippen LogP contribution in [0.25, 0.3) is 5.76 Å². The predicted octanol–water partition coefficient (Wildman–Crippen LogP) is 5.44. The molecule has 146 valence electrons. The first-order valence-corrected chi connectivity index (χ1v) is 9.43. The van der Waals surface area contributed by atoms with Crippen LogP contribution in [-0.4, -0.2) is 25.0 Å². The van der Waals surface area contributed by atoms with Crippen molar-refractivity contribution >= 4 is 40.7 Å². The standard InChI is InChI=1S/C21H18Cl2O5/c1-3-15-11-18(24)19(21(25)26-2)20(28-15)12-4-6-16(7-5-12)27-17-9-13(22)8-14(23)10-17/h4-10,15H,3,11H2,1-2H3. The molecular weight excluding hydrogens is 403 g/mol. The Hall–Kier alpha value is -2.50. The predicted molar refractivity (Wildman–Crippen MR) is 107 cm³/mol. The van der Waals surface area contributed by atoms with Crippen LogP contribution < -0.4 is 4.74 Å². The van der Waals surface area contributed by atoms with Gasteiger partial charge in [0.1, 0.15) is 28.9 Å². The number of ether oxygens (including phenoxy) is 3. The van der Waals surface area contributed by atoms with Gasteiger partial charge in [-0.15, -0.1) is 0 Å². The molecule has 5 nitrogen and oxygen atoms in total. The van der Waals surface area contributed by atoms with E-state index in [0.29, 0.717) is 33.5 Å². The minimum atomic E-state index is -0.705. The van der Waals surface area contributed by atoms with Crippen LogP contribution in [-0.2, 0) is 19.1 Å². The summed E-state index contributed by atoms with van der Waals surface area (Å²) >= 11 is 12.0. The number of esters is 1. The van der Waals surface area contributed by atoms with Gasteiger partial charge < -0.3 is 14.2 Å². The van der Waals surface area contributed by atoms with E-state index in [1.54, 1.807) is 42.5 Å². The zero-order chi connectivity index (χ0) is 20.3. The van der Waals surface area contributed by atoms with Gasteiger partial charge in [-0.05, 0) is 48.9 Å². The Labute approximate surface area is 172 Å². The van der Waals surface area contributed by atoms with Crippen LogP contribution in [0.2, 0.25) is 10.0 Å². The lowest BCUT2D eigenvalue weighted by Crippen LogP contribution is -2.29. The van der Waals surface area contributed by atoms with Crippen molar-refractivity contribution in [1.29, 1.82) is 0 Å². The fourth-order valence-electron chi connectivity index (χ4n) is 2.85. The average Bonchev–Trinajstić information content (AvgIpc) is 2.66. The van der Waals surface area contributed by atoms with E-state index in [0.717, 1.165) is 0 Å². The Kier molecular flexibility index (Phi) is 6.27. The van der Waals surface area contributed by atoms with Crippen LogP contribution in [0.5, 0.6) is 11.5 Å². The summed E-state index contributed by atoms with van der Waals surface area (Å²) in [4.78, 5) is 24.5. The van der Waals surface area contributed by atoms with E-state index in [4.69, 9.17) is 37.4 Å². The number of benzene rings is 2. The zero-order valence-electron chi connectivity index (χ0n) is 15.3. The molecule has 0 aromatic heterocycles. The summed E-state index contributed by atoms with van der Waals surface area (Å²) in [5.74, 6) is 0.274. The number of carbonyl (C=O) groups is 2. The highest BCUT2D eigenvalue weighted by Crippen LogP contribution is 2.33. The normalized spacial score (nSPS) is 16.6. The first-order valence-electron chi connectivity index (χ1n) is 8.68. The van der Waals surface area contributed by atoms with E-state index >= 15 is 0 Å². The van der Waals surface area contributed by atoms with Gasteiger partial charge in [0.05, 0.1) is 7.11 Å². The highest BCUT2D eigenvalue weighted by molar-refractivity contribution is 6.34. The first-order chi connectivity index (χ1) is 13.4. The Morgan fingerprint density at radius 2 is 1.75 bits per heavy atom. The molecule has 1 heterocycles. The van der Waals surface area contributed by atoms with Crippen molar-refractivity contribution in [2.45, 2.75) is 25.9 Å². The van der Waals surface area contributed by atoms with Crippen molar-refractivity contribution in [3.8, 4) is 11.5 Å². The van der Waals surface area contributed by atoms with Gasteiger partial charge in [0.25, 0.3) is 0 Å². The van der Waals surface area contributed by atoms with E-state index in [9.17, 15) is 9.59 Å². The fraction of sp³-hybridized carbons (Fsp3) is 0.238. The molecule has 0 N–H and O–H groups in total. The lowest BCUT2D eigenvalue weighted by Gasteiger charge is -2.26. The van der Waals surface area contributed by atoms with Crippen LogP contribution in [0.15, 0.2) is 48.0 Å². The molecule has 1 aliphatic heterocycles. The molecule has 7 heteroatoms. The van der Waals surface area contributed by atoms with E-state index in [1.807, 2.05) is 6.92 Å². The molecule has 0 aliphatic carbocycles. The van der Waals surface area contributed by atoms with Gasteiger partial charge in [0.15, 0.2) is 5.78 Å². The maximum Gasteiger partial charge on any atom is 0.345 e. The molecule has 2 aromatic carbocycles. The number of hydrogen-bond acceptors (Lipinski definition) is 5. The third kappa shape index (κ3) is 4.49. The van der Waals surface area contributed by atoms with Gasteiger partial charge in [-0.3, -0.25) is 4.79 Å². The van der Waals surface area contributed by atoms with E-state index in [2.05, 4.69) is 0 Å². The molecule has 28 heavy (non-hydrogen) atoms. The topological polar surface area (TPSA) is 61.8 Å².